The van der Waals surface area contributed by atoms with Crippen LogP contribution in [0.25, 0.3) is 0 Å². The average molecular weight is 372 g/mol. The third-order valence-corrected chi connectivity index (χ3v) is 5.77. The minimum atomic E-state index is -3.45. The van der Waals surface area contributed by atoms with Gasteiger partial charge >= 0.3 is 0 Å². The van der Waals surface area contributed by atoms with Crippen molar-refractivity contribution in [1.29, 1.82) is 0 Å². The predicted molar refractivity (Wildman–Crippen MR) is 105 cm³/mol. The topological polar surface area (TPSA) is 61.4 Å². The van der Waals surface area contributed by atoms with Gasteiger partial charge in [0.05, 0.1) is 4.90 Å². The quantitative estimate of drug-likeness (QED) is 0.513. The molecule has 2 N–H and O–H groups in total. The van der Waals surface area contributed by atoms with Crippen LogP contribution in [-0.4, -0.2) is 38.0 Å². The molecule has 1 rings (SSSR count). The van der Waals surface area contributed by atoms with Gasteiger partial charge in [0, 0.05) is 25.8 Å². The predicted octanol–water partition coefficient (Wildman–Crippen LogP) is 3.58. The first-order valence-corrected chi connectivity index (χ1v) is 10.2. The van der Waals surface area contributed by atoms with Crippen molar-refractivity contribution in [2.45, 2.75) is 56.9 Å². The number of sulfonamides is 1. The Morgan fingerprint density at radius 1 is 1.25 bits per heavy atom. The summed E-state index contributed by atoms with van der Waals surface area (Å²) in [6.45, 7) is 4.30. The smallest absolute Gasteiger partial charge is 0.242 e. The average Bonchev–Trinajstić information content (AvgIpc) is 2.51. The molecule has 0 heterocycles. The number of anilines is 1. The molecule has 0 fully saturated rings. The van der Waals surface area contributed by atoms with E-state index < -0.39 is 10.0 Å². The number of hydrogen-bond acceptors (Lipinski definition) is 3. The van der Waals surface area contributed by atoms with Crippen LogP contribution in [0.1, 0.15) is 46.0 Å². The molecule has 5 nitrogen and oxygen atoms in total. The molecule has 7 heteroatoms. The van der Waals surface area contributed by atoms with E-state index in [4.69, 9.17) is 12.2 Å². The Morgan fingerprint density at radius 2 is 1.96 bits per heavy atom. The molecule has 0 aliphatic heterocycles. The largest absolute Gasteiger partial charge is 0.360 e. The highest BCUT2D eigenvalue weighted by molar-refractivity contribution is 7.89. The number of benzene rings is 1. The van der Waals surface area contributed by atoms with E-state index >= 15 is 0 Å². The van der Waals surface area contributed by atoms with Gasteiger partial charge in [-0.3, -0.25) is 0 Å². The minimum absolute atomic E-state index is 0.243. The SMILES string of the molecule is CCCCCC[C@H](C)NC(=S)Nc1cccc(S(=O)(=O)N(C)C)c1. The molecule has 136 valence electrons. The Bertz CT molecular complexity index is 630. The number of thiocarbonyl (C=S) groups is 1. The van der Waals surface area contributed by atoms with Gasteiger partial charge in [0.2, 0.25) is 10.0 Å². The van der Waals surface area contributed by atoms with E-state index in [2.05, 4.69) is 24.5 Å². The molecule has 0 saturated heterocycles. The van der Waals surface area contributed by atoms with E-state index in [-0.39, 0.29) is 10.9 Å². The van der Waals surface area contributed by atoms with Crippen molar-refractivity contribution in [3.63, 3.8) is 0 Å². The second-order valence-electron chi connectivity index (χ2n) is 6.16. The van der Waals surface area contributed by atoms with E-state index in [1.807, 2.05) is 0 Å². The Hall–Kier alpha value is -1.18. The van der Waals surface area contributed by atoms with Crippen LogP contribution < -0.4 is 10.6 Å². The summed E-state index contributed by atoms with van der Waals surface area (Å²) in [5.74, 6) is 0. The lowest BCUT2D eigenvalue weighted by Crippen LogP contribution is -2.35. The lowest BCUT2D eigenvalue weighted by atomic mass is 10.1. The molecule has 0 amide bonds. The van der Waals surface area contributed by atoms with Crippen LogP contribution in [0.4, 0.5) is 5.69 Å². The summed E-state index contributed by atoms with van der Waals surface area (Å²) in [6, 6.07) is 6.96. The van der Waals surface area contributed by atoms with E-state index in [1.54, 1.807) is 24.3 Å². The molecule has 0 aliphatic rings. The summed E-state index contributed by atoms with van der Waals surface area (Å²) in [6.07, 6.45) is 5.99. The number of unbranched alkanes of at least 4 members (excludes halogenated alkanes) is 3. The molecule has 24 heavy (non-hydrogen) atoms. The molecule has 0 aromatic heterocycles. The van der Waals surface area contributed by atoms with Crippen LogP contribution in [0.5, 0.6) is 0 Å². The van der Waals surface area contributed by atoms with Crippen LogP contribution in [0.3, 0.4) is 0 Å². The number of nitrogens with zero attached hydrogens (tertiary/aromatic N) is 1. The van der Waals surface area contributed by atoms with Gasteiger partial charge in [-0.05, 0) is 43.8 Å². The van der Waals surface area contributed by atoms with E-state index in [1.165, 1.54) is 44.1 Å². The summed E-state index contributed by atoms with van der Waals surface area (Å²) < 4.78 is 25.5. The lowest BCUT2D eigenvalue weighted by molar-refractivity contribution is 0.521. The molecule has 0 aliphatic carbocycles. The number of hydrogen-bond donors (Lipinski definition) is 2. The first-order chi connectivity index (χ1) is 11.3. The summed E-state index contributed by atoms with van der Waals surface area (Å²) in [5, 5.41) is 6.82. The lowest BCUT2D eigenvalue weighted by Gasteiger charge is -2.18. The minimum Gasteiger partial charge on any atom is -0.360 e. The van der Waals surface area contributed by atoms with Crippen molar-refractivity contribution in [3.8, 4) is 0 Å². The van der Waals surface area contributed by atoms with Gasteiger partial charge < -0.3 is 10.6 Å². The third kappa shape index (κ3) is 6.75. The molecule has 1 aromatic rings. The first-order valence-electron chi connectivity index (χ1n) is 8.37. The molecule has 0 spiro atoms. The third-order valence-electron chi connectivity index (χ3n) is 3.74. The standard InChI is InChI=1S/C17H29N3O2S2/c1-5-6-7-8-10-14(2)18-17(23)19-15-11-9-12-16(13-15)24(21,22)20(3)4/h9,11-14H,5-8,10H2,1-4H3,(H2,18,19,23)/t14-/m0/s1. The van der Waals surface area contributed by atoms with Crippen molar-refractivity contribution >= 4 is 33.0 Å². The maximum absolute atomic E-state index is 12.2. The van der Waals surface area contributed by atoms with Gasteiger partial charge in [-0.2, -0.15) is 0 Å². The van der Waals surface area contributed by atoms with Crippen LogP contribution >= 0.6 is 12.2 Å². The van der Waals surface area contributed by atoms with Gasteiger partial charge in [-0.1, -0.05) is 38.7 Å². The highest BCUT2D eigenvalue weighted by Crippen LogP contribution is 2.18. The normalized spacial score (nSPS) is 12.9. The molecule has 1 aromatic carbocycles. The van der Waals surface area contributed by atoms with Gasteiger partial charge in [-0.25, -0.2) is 12.7 Å². The summed E-state index contributed by atoms with van der Waals surface area (Å²) in [7, 11) is -0.415. The summed E-state index contributed by atoms with van der Waals surface area (Å²) >= 11 is 5.32. The van der Waals surface area contributed by atoms with Crippen molar-refractivity contribution < 1.29 is 8.42 Å². The van der Waals surface area contributed by atoms with Gasteiger partial charge in [-0.15, -0.1) is 0 Å². The van der Waals surface area contributed by atoms with Gasteiger partial charge in [0.1, 0.15) is 0 Å². The molecule has 1 atom stereocenters. The zero-order valence-electron chi connectivity index (χ0n) is 15.0. The second-order valence-corrected chi connectivity index (χ2v) is 8.72. The van der Waals surface area contributed by atoms with Crippen LogP contribution in [0.2, 0.25) is 0 Å². The molecular weight excluding hydrogens is 342 g/mol. The Labute approximate surface area is 151 Å². The Kier molecular flexibility index (Phi) is 8.66. The molecule has 0 bridgehead atoms. The Morgan fingerprint density at radius 3 is 2.58 bits per heavy atom. The van der Waals surface area contributed by atoms with Crippen molar-refractivity contribution in [1.82, 2.24) is 9.62 Å². The maximum atomic E-state index is 12.2. The Balaban J connectivity index is 2.59. The van der Waals surface area contributed by atoms with Crippen LogP contribution in [-0.2, 0) is 10.0 Å². The highest BCUT2D eigenvalue weighted by atomic mass is 32.2. The second kappa shape index (κ2) is 9.96. The van der Waals surface area contributed by atoms with E-state index in [0.29, 0.717) is 10.8 Å². The number of nitrogens with one attached hydrogen (secondary N) is 2. The monoisotopic (exact) mass is 371 g/mol. The van der Waals surface area contributed by atoms with Crippen molar-refractivity contribution in [3.05, 3.63) is 24.3 Å². The molecule has 0 saturated carbocycles. The van der Waals surface area contributed by atoms with Crippen LogP contribution in [0, 0.1) is 0 Å². The number of rotatable bonds is 9. The van der Waals surface area contributed by atoms with Crippen LogP contribution in [0.15, 0.2) is 29.2 Å². The highest BCUT2D eigenvalue weighted by Gasteiger charge is 2.17. The fourth-order valence-corrected chi connectivity index (χ4v) is 3.55. The molecule has 0 unspecified atom stereocenters. The van der Waals surface area contributed by atoms with Gasteiger partial charge in [0.25, 0.3) is 0 Å². The molecule has 0 radical (unpaired) electrons. The zero-order valence-corrected chi connectivity index (χ0v) is 16.6. The fraction of sp³-hybridized carbons (Fsp3) is 0.588. The summed E-state index contributed by atoms with van der Waals surface area (Å²) in [5.41, 5.74) is 0.661. The maximum Gasteiger partial charge on any atom is 0.242 e. The zero-order chi connectivity index (χ0) is 18.2. The summed E-state index contributed by atoms with van der Waals surface area (Å²) in [4.78, 5) is 0.243. The molecular formula is C17H29N3O2S2. The fourth-order valence-electron chi connectivity index (χ4n) is 2.29. The van der Waals surface area contributed by atoms with Gasteiger partial charge in [0.15, 0.2) is 5.11 Å². The first kappa shape index (κ1) is 20.9. The van der Waals surface area contributed by atoms with Crippen molar-refractivity contribution in [2.75, 3.05) is 19.4 Å². The van der Waals surface area contributed by atoms with E-state index in [9.17, 15) is 8.42 Å². The van der Waals surface area contributed by atoms with Crippen molar-refractivity contribution in [2.24, 2.45) is 0 Å². The van der Waals surface area contributed by atoms with E-state index in [0.717, 1.165) is 6.42 Å².